The SMILES string of the molecule is CC/C=C\C/C=C\C/C=C\C/C=C\C/C=C\C/C=C\C/C=C\C/C=C\C/C=C\C/C=C\CCCCCCC(=O)OCC(COC(=O)CCCCCCC)OC(=O)CCCCC/C=C\C/C=C\C/C=C\CC. The predicted octanol–water partition coefficient (Wildman–Crippen LogP) is 19.0. The quantitative estimate of drug-likeness (QED) is 0.0262. The maximum absolute atomic E-state index is 12.7. The summed E-state index contributed by atoms with van der Waals surface area (Å²) in [5.41, 5.74) is 0. The van der Waals surface area contributed by atoms with Gasteiger partial charge in [0.25, 0.3) is 0 Å². The van der Waals surface area contributed by atoms with Crippen LogP contribution in [0.4, 0.5) is 0 Å². The first-order valence-electron chi connectivity index (χ1n) is 28.0. The molecule has 0 saturated heterocycles. The molecule has 0 bridgehead atoms. The highest BCUT2D eigenvalue weighted by Crippen LogP contribution is 2.12. The molecular formula is C65H100O6. The summed E-state index contributed by atoms with van der Waals surface area (Å²) in [6.07, 6.45) is 84.3. The number of rotatable bonds is 48. The van der Waals surface area contributed by atoms with Gasteiger partial charge in [0.2, 0.25) is 0 Å². The molecule has 71 heavy (non-hydrogen) atoms. The van der Waals surface area contributed by atoms with Gasteiger partial charge in [-0.3, -0.25) is 14.4 Å². The average Bonchev–Trinajstić information content (AvgIpc) is 3.37. The van der Waals surface area contributed by atoms with E-state index in [9.17, 15) is 14.4 Å². The minimum Gasteiger partial charge on any atom is -0.462 e. The van der Waals surface area contributed by atoms with Crippen LogP contribution in [0.15, 0.2) is 158 Å². The van der Waals surface area contributed by atoms with E-state index in [1.54, 1.807) is 0 Å². The van der Waals surface area contributed by atoms with E-state index in [2.05, 4.69) is 179 Å². The lowest BCUT2D eigenvalue weighted by molar-refractivity contribution is -0.167. The maximum atomic E-state index is 12.7. The summed E-state index contributed by atoms with van der Waals surface area (Å²) >= 11 is 0. The molecule has 0 N–H and O–H groups in total. The van der Waals surface area contributed by atoms with Crippen LogP contribution in [0.25, 0.3) is 0 Å². The fourth-order valence-electron chi connectivity index (χ4n) is 6.89. The Morgan fingerprint density at radius 3 is 0.859 bits per heavy atom. The summed E-state index contributed by atoms with van der Waals surface area (Å²) in [7, 11) is 0. The first-order valence-corrected chi connectivity index (χ1v) is 28.0. The molecule has 6 heteroatoms. The fraction of sp³-hybridized carbons (Fsp3) is 0.554. The molecule has 396 valence electrons. The van der Waals surface area contributed by atoms with Crippen LogP contribution in [-0.2, 0) is 28.6 Å². The second kappa shape index (κ2) is 57.6. The summed E-state index contributed by atoms with van der Waals surface area (Å²) in [5, 5.41) is 0. The monoisotopic (exact) mass is 977 g/mol. The minimum absolute atomic E-state index is 0.105. The molecule has 0 aliphatic rings. The van der Waals surface area contributed by atoms with Crippen LogP contribution in [0.2, 0.25) is 0 Å². The highest BCUT2D eigenvalue weighted by atomic mass is 16.6. The molecule has 0 fully saturated rings. The van der Waals surface area contributed by atoms with Crippen molar-refractivity contribution in [3.8, 4) is 0 Å². The number of hydrogen-bond acceptors (Lipinski definition) is 6. The lowest BCUT2D eigenvalue weighted by Crippen LogP contribution is -2.30. The third-order valence-electron chi connectivity index (χ3n) is 11.0. The van der Waals surface area contributed by atoms with Gasteiger partial charge in [-0.15, -0.1) is 0 Å². The van der Waals surface area contributed by atoms with Crippen molar-refractivity contribution < 1.29 is 28.6 Å². The number of hydrogen-bond donors (Lipinski definition) is 0. The fourth-order valence-corrected chi connectivity index (χ4v) is 6.89. The first kappa shape index (κ1) is 66.0. The molecule has 0 spiro atoms. The molecule has 6 nitrogen and oxygen atoms in total. The Hall–Kier alpha value is -4.97. The molecular weight excluding hydrogens is 877 g/mol. The summed E-state index contributed by atoms with van der Waals surface area (Å²) < 4.78 is 16.6. The highest BCUT2D eigenvalue weighted by molar-refractivity contribution is 5.71. The van der Waals surface area contributed by atoms with E-state index in [4.69, 9.17) is 14.2 Å². The van der Waals surface area contributed by atoms with Gasteiger partial charge in [0.05, 0.1) is 0 Å². The average molecular weight is 978 g/mol. The topological polar surface area (TPSA) is 78.9 Å². The van der Waals surface area contributed by atoms with Gasteiger partial charge >= 0.3 is 17.9 Å². The van der Waals surface area contributed by atoms with E-state index < -0.39 is 6.10 Å². The molecule has 0 aliphatic heterocycles. The van der Waals surface area contributed by atoms with Crippen LogP contribution in [0.5, 0.6) is 0 Å². The molecule has 1 atom stereocenters. The second-order valence-corrected chi connectivity index (χ2v) is 17.7. The summed E-state index contributed by atoms with van der Waals surface area (Å²) in [5.74, 6) is -0.988. The van der Waals surface area contributed by atoms with Gasteiger partial charge in [-0.1, -0.05) is 224 Å². The van der Waals surface area contributed by atoms with E-state index in [1.165, 1.54) is 0 Å². The number of allylic oxidation sites excluding steroid dienone is 26. The lowest BCUT2D eigenvalue weighted by atomic mass is 10.1. The Kier molecular flexibility index (Phi) is 53.6. The molecule has 0 radical (unpaired) electrons. The standard InChI is InChI=1S/C65H100O6/c1-4-7-10-13-15-17-19-21-22-23-24-25-26-27-28-29-30-31-32-33-34-35-36-37-38-39-40-41-42-44-45-47-49-52-55-58-64(67)70-61-62(60-69-63(66)57-54-51-12-9-6-3)71-65(68)59-56-53-50-48-46-43-20-18-16-14-11-8-5-2/h7-8,10-11,15-18,21-22,24-25,27-28,30-31,33-34,36-37,39-40,42-44,46,62H,4-6,9,12-14,19-20,23,26,29,32,35,38,41,45,47-61H2,1-3H3/b10-7-,11-8-,17-15-,18-16-,22-21-,25-24-,28-27-,31-30-,34-33-,37-36-,40-39-,44-42-,46-43-. The van der Waals surface area contributed by atoms with E-state index in [1.807, 2.05) is 0 Å². The number of unbranched alkanes of at least 4 members (excludes halogenated alkanes) is 11. The Labute approximate surface area is 435 Å². The van der Waals surface area contributed by atoms with Crippen molar-refractivity contribution in [2.75, 3.05) is 13.2 Å². The van der Waals surface area contributed by atoms with E-state index >= 15 is 0 Å². The number of carbonyl (C=O) groups excluding carboxylic acids is 3. The van der Waals surface area contributed by atoms with Crippen molar-refractivity contribution in [3.05, 3.63) is 158 Å². The van der Waals surface area contributed by atoms with Crippen molar-refractivity contribution in [3.63, 3.8) is 0 Å². The predicted molar refractivity (Wildman–Crippen MR) is 306 cm³/mol. The van der Waals surface area contributed by atoms with Crippen molar-refractivity contribution in [1.29, 1.82) is 0 Å². The van der Waals surface area contributed by atoms with Crippen LogP contribution in [0, 0.1) is 0 Å². The Morgan fingerprint density at radius 2 is 0.549 bits per heavy atom. The van der Waals surface area contributed by atoms with Gasteiger partial charge < -0.3 is 14.2 Å². The summed E-state index contributed by atoms with van der Waals surface area (Å²) in [6, 6.07) is 0. The van der Waals surface area contributed by atoms with Gasteiger partial charge in [-0.25, -0.2) is 0 Å². The highest BCUT2D eigenvalue weighted by Gasteiger charge is 2.19. The van der Waals surface area contributed by atoms with Crippen LogP contribution in [0.1, 0.15) is 213 Å². The zero-order valence-corrected chi connectivity index (χ0v) is 45.2. The second-order valence-electron chi connectivity index (χ2n) is 17.7. The van der Waals surface area contributed by atoms with Gasteiger partial charge in [0.1, 0.15) is 13.2 Å². The third kappa shape index (κ3) is 55.8. The third-order valence-corrected chi connectivity index (χ3v) is 11.0. The molecule has 0 saturated carbocycles. The lowest BCUT2D eigenvalue weighted by Gasteiger charge is -2.18. The Bertz CT molecular complexity index is 1640. The van der Waals surface area contributed by atoms with Gasteiger partial charge in [-0.2, -0.15) is 0 Å². The van der Waals surface area contributed by atoms with Crippen LogP contribution >= 0.6 is 0 Å². The normalized spacial score (nSPS) is 13.3. The molecule has 0 heterocycles. The van der Waals surface area contributed by atoms with Crippen molar-refractivity contribution in [1.82, 2.24) is 0 Å². The Balaban J connectivity index is 4.15. The molecule has 0 aliphatic carbocycles. The zero-order chi connectivity index (χ0) is 51.4. The van der Waals surface area contributed by atoms with Crippen molar-refractivity contribution in [2.45, 2.75) is 219 Å². The maximum Gasteiger partial charge on any atom is 0.306 e. The number of carbonyl (C=O) groups is 3. The van der Waals surface area contributed by atoms with Gasteiger partial charge in [-0.05, 0) is 128 Å². The minimum atomic E-state index is -0.806. The molecule has 0 aromatic carbocycles. The van der Waals surface area contributed by atoms with E-state index in [0.29, 0.717) is 12.8 Å². The molecule has 0 amide bonds. The number of esters is 3. The molecule has 0 aromatic rings. The van der Waals surface area contributed by atoms with Crippen molar-refractivity contribution in [2.24, 2.45) is 0 Å². The molecule has 0 rings (SSSR count). The smallest absolute Gasteiger partial charge is 0.306 e. The van der Waals surface area contributed by atoms with Crippen molar-refractivity contribution >= 4 is 17.9 Å². The van der Waals surface area contributed by atoms with E-state index in [0.717, 1.165) is 173 Å². The first-order chi connectivity index (χ1) is 35.0. The van der Waals surface area contributed by atoms with Crippen LogP contribution in [-0.4, -0.2) is 37.2 Å². The summed E-state index contributed by atoms with van der Waals surface area (Å²) in [6.45, 7) is 6.24. The number of ether oxygens (including phenoxy) is 3. The largest absolute Gasteiger partial charge is 0.462 e. The van der Waals surface area contributed by atoms with E-state index in [-0.39, 0.29) is 37.5 Å². The van der Waals surface area contributed by atoms with Gasteiger partial charge in [0, 0.05) is 19.3 Å². The molecule has 1 unspecified atom stereocenters. The Morgan fingerprint density at radius 1 is 0.296 bits per heavy atom. The summed E-state index contributed by atoms with van der Waals surface area (Å²) in [4.78, 5) is 37.6. The van der Waals surface area contributed by atoms with Crippen LogP contribution in [0.3, 0.4) is 0 Å². The van der Waals surface area contributed by atoms with Gasteiger partial charge in [0.15, 0.2) is 6.10 Å². The van der Waals surface area contributed by atoms with Crippen LogP contribution < -0.4 is 0 Å². The molecule has 0 aromatic heterocycles. The zero-order valence-electron chi connectivity index (χ0n) is 45.2.